The van der Waals surface area contributed by atoms with Crippen molar-refractivity contribution in [1.29, 1.82) is 0 Å². The molecule has 1 heterocycles. The number of rotatable bonds is 12. The summed E-state index contributed by atoms with van der Waals surface area (Å²) in [5, 5.41) is 3.71. The number of ether oxygens (including phenoxy) is 1. The minimum absolute atomic E-state index is 0.633. The number of nitrogens with zero attached hydrogens (tertiary/aromatic N) is 1. The van der Waals surface area contributed by atoms with Crippen molar-refractivity contribution in [3.63, 3.8) is 0 Å². The zero-order valence-electron chi connectivity index (χ0n) is 13.4. The van der Waals surface area contributed by atoms with Crippen LogP contribution in [0.5, 0.6) is 0 Å². The van der Waals surface area contributed by atoms with Crippen molar-refractivity contribution in [3.8, 4) is 0 Å². The molecule has 118 valence electrons. The van der Waals surface area contributed by atoms with Crippen LogP contribution in [0.15, 0.2) is 12.7 Å². The normalized spacial score (nSPS) is 18.1. The van der Waals surface area contributed by atoms with Crippen LogP contribution in [0.2, 0.25) is 0 Å². The van der Waals surface area contributed by atoms with Crippen LogP contribution in [-0.2, 0) is 4.74 Å². The maximum atomic E-state index is 5.37. The fraction of sp³-hybridized carbons (Fsp3) is 0.882. The van der Waals surface area contributed by atoms with Gasteiger partial charge in [0.1, 0.15) is 0 Å². The maximum Gasteiger partial charge on any atom is 0.0594 e. The molecule has 0 spiro atoms. The molecule has 1 saturated heterocycles. The fourth-order valence-corrected chi connectivity index (χ4v) is 2.76. The molecule has 0 amide bonds. The number of morpholine rings is 1. The van der Waals surface area contributed by atoms with E-state index in [4.69, 9.17) is 4.74 Å². The van der Waals surface area contributed by atoms with Crippen LogP contribution in [-0.4, -0.2) is 50.3 Å². The highest BCUT2D eigenvalue weighted by atomic mass is 16.5. The Labute approximate surface area is 125 Å². The van der Waals surface area contributed by atoms with E-state index in [0.29, 0.717) is 6.04 Å². The smallest absolute Gasteiger partial charge is 0.0594 e. The van der Waals surface area contributed by atoms with Gasteiger partial charge in [0.15, 0.2) is 0 Å². The fourth-order valence-electron chi connectivity index (χ4n) is 2.76. The van der Waals surface area contributed by atoms with Crippen molar-refractivity contribution >= 4 is 0 Å². The van der Waals surface area contributed by atoms with Crippen LogP contribution in [0.3, 0.4) is 0 Å². The van der Waals surface area contributed by atoms with Crippen molar-refractivity contribution in [3.05, 3.63) is 12.7 Å². The number of hydrogen-bond acceptors (Lipinski definition) is 3. The first kappa shape index (κ1) is 17.7. The van der Waals surface area contributed by atoms with Gasteiger partial charge in [0.25, 0.3) is 0 Å². The highest BCUT2D eigenvalue weighted by molar-refractivity contribution is 4.78. The summed E-state index contributed by atoms with van der Waals surface area (Å²) < 4.78 is 5.37. The topological polar surface area (TPSA) is 24.5 Å². The molecule has 3 nitrogen and oxygen atoms in total. The van der Waals surface area contributed by atoms with E-state index >= 15 is 0 Å². The van der Waals surface area contributed by atoms with Gasteiger partial charge in [-0.3, -0.25) is 4.90 Å². The van der Waals surface area contributed by atoms with E-state index < -0.39 is 0 Å². The van der Waals surface area contributed by atoms with Gasteiger partial charge in [0, 0.05) is 19.1 Å². The van der Waals surface area contributed by atoms with E-state index in [9.17, 15) is 0 Å². The maximum absolute atomic E-state index is 5.37. The second-order valence-electron chi connectivity index (χ2n) is 5.83. The van der Waals surface area contributed by atoms with Crippen LogP contribution in [0.4, 0.5) is 0 Å². The van der Waals surface area contributed by atoms with Crippen LogP contribution < -0.4 is 5.32 Å². The zero-order chi connectivity index (χ0) is 14.5. The molecule has 1 N–H and O–H groups in total. The Bertz CT molecular complexity index is 227. The van der Waals surface area contributed by atoms with Crippen LogP contribution in [0.25, 0.3) is 0 Å². The van der Waals surface area contributed by atoms with E-state index in [-0.39, 0.29) is 0 Å². The molecule has 1 aliphatic rings. The molecule has 0 aliphatic carbocycles. The molecule has 0 aromatic rings. The van der Waals surface area contributed by atoms with Crippen molar-refractivity contribution in [2.45, 2.75) is 57.9 Å². The molecule has 0 aromatic carbocycles. The number of nitrogens with one attached hydrogen (secondary N) is 1. The van der Waals surface area contributed by atoms with Gasteiger partial charge in [-0.2, -0.15) is 0 Å². The van der Waals surface area contributed by atoms with Gasteiger partial charge in [-0.1, -0.05) is 38.7 Å². The van der Waals surface area contributed by atoms with E-state index in [1.54, 1.807) is 0 Å². The molecule has 0 aromatic heterocycles. The van der Waals surface area contributed by atoms with E-state index in [2.05, 4.69) is 29.8 Å². The molecule has 1 fully saturated rings. The minimum Gasteiger partial charge on any atom is -0.379 e. The Morgan fingerprint density at radius 1 is 1.20 bits per heavy atom. The van der Waals surface area contributed by atoms with Crippen molar-refractivity contribution in [2.24, 2.45) is 0 Å². The summed E-state index contributed by atoms with van der Waals surface area (Å²) in [5.41, 5.74) is 0. The highest BCUT2D eigenvalue weighted by Crippen LogP contribution is 2.08. The number of unbranched alkanes of at least 4 members (excludes halogenated alkanes) is 3. The summed E-state index contributed by atoms with van der Waals surface area (Å²) in [5.74, 6) is 0. The van der Waals surface area contributed by atoms with Gasteiger partial charge >= 0.3 is 0 Å². The third-order valence-corrected chi connectivity index (χ3v) is 4.05. The lowest BCUT2D eigenvalue weighted by Crippen LogP contribution is -2.38. The first-order valence-electron chi connectivity index (χ1n) is 8.51. The average Bonchev–Trinajstić information content (AvgIpc) is 2.49. The summed E-state index contributed by atoms with van der Waals surface area (Å²) in [6.07, 6.45) is 11.1. The molecule has 3 heteroatoms. The summed E-state index contributed by atoms with van der Waals surface area (Å²) >= 11 is 0. The van der Waals surface area contributed by atoms with Crippen LogP contribution in [0, 0.1) is 0 Å². The monoisotopic (exact) mass is 282 g/mol. The van der Waals surface area contributed by atoms with Gasteiger partial charge in [0.05, 0.1) is 13.2 Å². The summed E-state index contributed by atoms with van der Waals surface area (Å²) in [6.45, 7) is 12.5. The lowest BCUT2D eigenvalue weighted by Gasteiger charge is -2.27. The number of hydrogen-bond donors (Lipinski definition) is 1. The Balaban J connectivity index is 2.03. The van der Waals surface area contributed by atoms with Gasteiger partial charge in [0.2, 0.25) is 0 Å². The second kappa shape index (κ2) is 12.4. The van der Waals surface area contributed by atoms with Gasteiger partial charge in [-0.05, 0) is 32.4 Å². The van der Waals surface area contributed by atoms with Crippen molar-refractivity contribution in [2.75, 3.05) is 39.4 Å². The molecule has 1 unspecified atom stereocenters. The van der Waals surface area contributed by atoms with E-state index in [0.717, 1.165) is 39.3 Å². The predicted octanol–water partition coefficient (Wildman–Crippen LogP) is 3.21. The van der Waals surface area contributed by atoms with E-state index in [1.165, 1.54) is 45.1 Å². The van der Waals surface area contributed by atoms with Gasteiger partial charge in [-0.15, -0.1) is 6.58 Å². The highest BCUT2D eigenvalue weighted by Gasteiger charge is 2.10. The van der Waals surface area contributed by atoms with Crippen molar-refractivity contribution in [1.82, 2.24) is 10.2 Å². The molecule has 1 rings (SSSR count). The molecule has 0 saturated carbocycles. The average molecular weight is 282 g/mol. The third-order valence-electron chi connectivity index (χ3n) is 4.05. The second-order valence-corrected chi connectivity index (χ2v) is 5.83. The quantitative estimate of drug-likeness (QED) is 0.439. The largest absolute Gasteiger partial charge is 0.379 e. The molecule has 1 aliphatic heterocycles. The summed E-state index contributed by atoms with van der Waals surface area (Å²) in [6, 6.07) is 0.633. The lowest BCUT2D eigenvalue weighted by molar-refractivity contribution is 0.0374. The molecule has 1 atom stereocenters. The summed E-state index contributed by atoms with van der Waals surface area (Å²) in [7, 11) is 0. The molecule has 20 heavy (non-hydrogen) atoms. The van der Waals surface area contributed by atoms with E-state index in [1.807, 2.05) is 0 Å². The van der Waals surface area contributed by atoms with Gasteiger partial charge in [-0.25, -0.2) is 0 Å². The zero-order valence-corrected chi connectivity index (χ0v) is 13.4. The Kier molecular flexibility index (Phi) is 10.9. The van der Waals surface area contributed by atoms with Crippen molar-refractivity contribution < 1.29 is 4.74 Å². The molecule has 0 bridgehead atoms. The molecular formula is C17H34N2O. The Morgan fingerprint density at radius 2 is 2.00 bits per heavy atom. The first-order valence-corrected chi connectivity index (χ1v) is 8.51. The summed E-state index contributed by atoms with van der Waals surface area (Å²) in [4.78, 5) is 2.51. The lowest BCUT2D eigenvalue weighted by atomic mass is 10.0. The Hall–Kier alpha value is -0.380. The first-order chi connectivity index (χ1) is 9.86. The third kappa shape index (κ3) is 8.72. The van der Waals surface area contributed by atoms with Crippen LogP contribution >= 0.6 is 0 Å². The predicted molar refractivity (Wildman–Crippen MR) is 87.2 cm³/mol. The van der Waals surface area contributed by atoms with Crippen LogP contribution in [0.1, 0.15) is 51.9 Å². The molecular weight excluding hydrogens is 248 g/mol. The minimum atomic E-state index is 0.633. The van der Waals surface area contributed by atoms with Gasteiger partial charge < -0.3 is 10.1 Å². The molecule has 0 radical (unpaired) electrons. The SMILES string of the molecule is C=CCC(CCCCCC)NCCCN1CCOCC1. The Morgan fingerprint density at radius 3 is 2.70 bits per heavy atom. The standard InChI is InChI=1S/C17H34N2O/c1-3-5-6-7-10-17(9-4-2)18-11-8-12-19-13-15-20-16-14-19/h4,17-18H,2-3,5-16H2,1H3.